The minimum atomic E-state index is 0.418. The van der Waals surface area contributed by atoms with Gasteiger partial charge in [0, 0.05) is 18.4 Å². The Balaban J connectivity index is 1.66. The van der Waals surface area contributed by atoms with E-state index < -0.39 is 0 Å². The highest BCUT2D eigenvalue weighted by Crippen LogP contribution is 2.52. The Bertz CT molecular complexity index is 503. The Morgan fingerprint density at radius 2 is 2.21 bits per heavy atom. The first-order valence-electron chi connectivity index (χ1n) is 7.27. The van der Waals surface area contributed by atoms with Crippen LogP contribution in [-0.4, -0.2) is 16.6 Å². The fourth-order valence-electron chi connectivity index (χ4n) is 3.53. The van der Waals surface area contributed by atoms with Crippen molar-refractivity contribution >= 4 is 0 Å². The molecule has 0 radical (unpaired) electrons. The van der Waals surface area contributed by atoms with Crippen LogP contribution < -0.4 is 4.74 Å². The van der Waals surface area contributed by atoms with E-state index in [1.54, 1.807) is 6.33 Å². The van der Waals surface area contributed by atoms with Gasteiger partial charge < -0.3 is 4.74 Å². The van der Waals surface area contributed by atoms with Gasteiger partial charge in [0.25, 0.3) is 0 Å². The Kier molecular flexibility index (Phi) is 3.68. The van der Waals surface area contributed by atoms with Crippen molar-refractivity contribution in [2.24, 2.45) is 11.8 Å². The highest BCUT2D eigenvalue weighted by Gasteiger charge is 2.40. The highest BCUT2D eigenvalue weighted by atomic mass is 16.5. The molecule has 0 aromatic carbocycles. The standard InChI is InChI=1S/C16H20N2O/c1-2-3-4-7-19-16-10-15(17-11-18-16)14-9-12-5-6-13(14)8-12/h10-14H,2,5-9H2,1H3. The summed E-state index contributed by atoms with van der Waals surface area (Å²) < 4.78 is 5.56. The van der Waals surface area contributed by atoms with Crippen LogP contribution in [0.15, 0.2) is 12.4 Å². The smallest absolute Gasteiger partial charge is 0.217 e. The molecule has 0 saturated heterocycles. The van der Waals surface area contributed by atoms with Gasteiger partial charge in [0.1, 0.15) is 6.33 Å². The van der Waals surface area contributed by atoms with Gasteiger partial charge in [-0.25, -0.2) is 9.97 Å². The topological polar surface area (TPSA) is 35.0 Å². The molecule has 1 heterocycles. The van der Waals surface area contributed by atoms with Crippen molar-refractivity contribution in [3.8, 4) is 17.7 Å². The third-order valence-electron chi connectivity index (χ3n) is 4.38. The molecule has 3 nitrogen and oxygen atoms in total. The lowest BCUT2D eigenvalue weighted by molar-refractivity contribution is 0.350. The molecule has 100 valence electrons. The molecule has 3 heteroatoms. The molecule has 3 unspecified atom stereocenters. The van der Waals surface area contributed by atoms with E-state index in [1.807, 2.05) is 13.0 Å². The molecule has 2 saturated carbocycles. The third kappa shape index (κ3) is 2.73. The highest BCUT2D eigenvalue weighted by molar-refractivity contribution is 5.21. The molecular formula is C16H20N2O. The van der Waals surface area contributed by atoms with Gasteiger partial charge in [-0.05, 0) is 31.1 Å². The van der Waals surface area contributed by atoms with E-state index in [4.69, 9.17) is 4.74 Å². The Hall–Kier alpha value is -1.56. The maximum absolute atomic E-state index is 5.56. The minimum Gasteiger partial charge on any atom is -0.464 e. The first-order valence-corrected chi connectivity index (χ1v) is 7.27. The van der Waals surface area contributed by atoms with Crippen molar-refractivity contribution < 1.29 is 4.74 Å². The van der Waals surface area contributed by atoms with Gasteiger partial charge >= 0.3 is 0 Å². The normalized spacial score (nSPS) is 27.9. The number of aromatic nitrogens is 2. The van der Waals surface area contributed by atoms with Gasteiger partial charge in [-0.15, -0.1) is 5.92 Å². The predicted octanol–water partition coefficient (Wildman–Crippen LogP) is 3.17. The van der Waals surface area contributed by atoms with Gasteiger partial charge in [-0.2, -0.15) is 0 Å². The van der Waals surface area contributed by atoms with Crippen LogP contribution in [-0.2, 0) is 0 Å². The first kappa shape index (κ1) is 12.5. The summed E-state index contributed by atoms with van der Waals surface area (Å²) in [5.41, 5.74) is 1.17. The monoisotopic (exact) mass is 256 g/mol. The van der Waals surface area contributed by atoms with E-state index in [0.29, 0.717) is 18.4 Å². The van der Waals surface area contributed by atoms with Crippen LogP contribution in [0.2, 0.25) is 0 Å². The van der Waals surface area contributed by atoms with Crippen LogP contribution in [0.1, 0.15) is 50.6 Å². The first-order chi connectivity index (χ1) is 9.36. The van der Waals surface area contributed by atoms with Crippen LogP contribution in [0.5, 0.6) is 5.88 Å². The van der Waals surface area contributed by atoms with Crippen molar-refractivity contribution in [3.63, 3.8) is 0 Å². The molecule has 3 atom stereocenters. The zero-order chi connectivity index (χ0) is 13.1. The predicted molar refractivity (Wildman–Crippen MR) is 73.8 cm³/mol. The van der Waals surface area contributed by atoms with E-state index in [2.05, 4.69) is 21.8 Å². The largest absolute Gasteiger partial charge is 0.464 e. The third-order valence-corrected chi connectivity index (χ3v) is 4.38. The van der Waals surface area contributed by atoms with E-state index in [9.17, 15) is 0 Å². The van der Waals surface area contributed by atoms with E-state index in [0.717, 1.165) is 18.3 Å². The van der Waals surface area contributed by atoms with Crippen molar-refractivity contribution in [1.82, 2.24) is 9.97 Å². The number of hydrogen-bond donors (Lipinski definition) is 0. The molecule has 0 aliphatic heterocycles. The van der Waals surface area contributed by atoms with Crippen LogP contribution in [0.4, 0.5) is 0 Å². The molecule has 2 aliphatic carbocycles. The molecule has 3 rings (SSSR count). The van der Waals surface area contributed by atoms with Crippen molar-refractivity contribution in [3.05, 3.63) is 18.1 Å². The number of fused-ring (bicyclic) bond motifs is 2. The summed E-state index contributed by atoms with van der Waals surface area (Å²) in [6.45, 7) is 2.45. The summed E-state index contributed by atoms with van der Waals surface area (Å²) in [5, 5.41) is 0. The fraction of sp³-hybridized carbons (Fsp3) is 0.625. The lowest BCUT2D eigenvalue weighted by Crippen LogP contribution is -2.10. The molecule has 2 fully saturated rings. The number of ether oxygens (including phenoxy) is 1. The maximum atomic E-state index is 5.56. The summed E-state index contributed by atoms with van der Waals surface area (Å²) in [6, 6.07) is 2.01. The second kappa shape index (κ2) is 5.61. The van der Waals surface area contributed by atoms with Crippen LogP contribution in [0.25, 0.3) is 0 Å². The Morgan fingerprint density at radius 1 is 1.26 bits per heavy atom. The van der Waals surface area contributed by atoms with Crippen molar-refractivity contribution in [2.45, 2.75) is 44.9 Å². The van der Waals surface area contributed by atoms with E-state index in [-0.39, 0.29) is 0 Å². The quantitative estimate of drug-likeness (QED) is 0.779. The molecule has 0 spiro atoms. The summed E-state index contributed by atoms with van der Waals surface area (Å²) in [5.74, 6) is 9.03. The Labute approximate surface area is 114 Å². The van der Waals surface area contributed by atoms with Gasteiger partial charge in [0.05, 0.1) is 5.69 Å². The number of nitrogens with zero attached hydrogens (tertiary/aromatic N) is 2. The molecule has 0 N–H and O–H groups in total. The Morgan fingerprint density at radius 3 is 2.95 bits per heavy atom. The van der Waals surface area contributed by atoms with Crippen LogP contribution in [0, 0.1) is 23.7 Å². The summed E-state index contributed by atoms with van der Waals surface area (Å²) >= 11 is 0. The zero-order valence-corrected chi connectivity index (χ0v) is 11.4. The van der Waals surface area contributed by atoms with Crippen molar-refractivity contribution in [2.75, 3.05) is 6.61 Å². The van der Waals surface area contributed by atoms with Crippen LogP contribution >= 0.6 is 0 Å². The average molecular weight is 256 g/mol. The average Bonchev–Trinajstić information content (AvgIpc) is 3.07. The summed E-state index contributed by atoms with van der Waals surface area (Å²) in [7, 11) is 0. The van der Waals surface area contributed by atoms with E-state index in [1.165, 1.54) is 31.4 Å². The van der Waals surface area contributed by atoms with Gasteiger partial charge in [-0.3, -0.25) is 0 Å². The van der Waals surface area contributed by atoms with Gasteiger partial charge in [0.2, 0.25) is 5.88 Å². The molecule has 19 heavy (non-hydrogen) atoms. The maximum Gasteiger partial charge on any atom is 0.217 e. The molecule has 1 aromatic rings. The SMILES string of the molecule is CCC#CCOc1cc(C2CC3CCC2C3)ncn1. The second-order valence-electron chi connectivity index (χ2n) is 5.56. The van der Waals surface area contributed by atoms with Gasteiger partial charge in [-0.1, -0.05) is 19.3 Å². The molecule has 1 aromatic heterocycles. The van der Waals surface area contributed by atoms with Gasteiger partial charge in [0.15, 0.2) is 6.61 Å². The van der Waals surface area contributed by atoms with Crippen LogP contribution in [0.3, 0.4) is 0 Å². The fourth-order valence-corrected chi connectivity index (χ4v) is 3.53. The number of rotatable bonds is 3. The molecule has 0 amide bonds. The summed E-state index contributed by atoms with van der Waals surface area (Å²) in [4.78, 5) is 8.63. The number of hydrogen-bond acceptors (Lipinski definition) is 3. The lowest BCUT2D eigenvalue weighted by atomic mass is 9.86. The van der Waals surface area contributed by atoms with Crippen molar-refractivity contribution in [1.29, 1.82) is 0 Å². The molecule has 2 bridgehead atoms. The minimum absolute atomic E-state index is 0.418. The lowest BCUT2D eigenvalue weighted by Gasteiger charge is -2.20. The molecule has 2 aliphatic rings. The van der Waals surface area contributed by atoms with E-state index >= 15 is 0 Å². The molecular weight excluding hydrogens is 236 g/mol. The second-order valence-corrected chi connectivity index (χ2v) is 5.56. The zero-order valence-electron chi connectivity index (χ0n) is 11.4. The summed E-state index contributed by atoms with van der Waals surface area (Å²) in [6.07, 6.45) is 7.98.